The average Bonchev–Trinajstić information content (AvgIpc) is 2.72. The maximum Gasteiger partial charge on any atom is 0.347 e. The summed E-state index contributed by atoms with van der Waals surface area (Å²) < 4.78 is 0. The van der Waals surface area contributed by atoms with Crippen molar-refractivity contribution in [2.24, 2.45) is 11.8 Å². The Labute approximate surface area is 105 Å². The van der Waals surface area contributed by atoms with Crippen LogP contribution in [0.15, 0.2) is 6.20 Å². The van der Waals surface area contributed by atoms with Crippen molar-refractivity contribution < 1.29 is 9.90 Å². The number of hydrogen-bond acceptors (Lipinski definition) is 4. The van der Waals surface area contributed by atoms with Crippen molar-refractivity contribution in [3.63, 3.8) is 0 Å². The quantitative estimate of drug-likeness (QED) is 0.870. The standard InChI is InChI=1S/C12H18N2O2S/c1-7-3-4-9(5-8(7)2)14-12-13-6-10(17-12)11(15)16/h6-9H,3-5H2,1-2H3,(H,13,14)(H,15,16). The molecule has 17 heavy (non-hydrogen) atoms. The molecule has 3 atom stereocenters. The molecule has 1 aliphatic rings. The second kappa shape index (κ2) is 5.04. The number of aromatic carboxylic acids is 1. The molecule has 0 aliphatic heterocycles. The summed E-state index contributed by atoms with van der Waals surface area (Å²) in [4.78, 5) is 15.1. The van der Waals surface area contributed by atoms with Gasteiger partial charge in [-0.1, -0.05) is 25.2 Å². The van der Waals surface area contributed by atoms with Crippen LogP contribution in [0.1, 0.15) is 42.8 Å². The molecule has 1 fully saturated rings. The maximum absolute atomic E-state index is 10.7. The number of nitrogens with one attached hydrogen (secondary N) is 1. The highest BCUT2D eigenvalue weighted by Crippen LogP contribution is 2.31. The number of carboxylic acid groups (broad SMARTS) is 1. The molecule has 0 radical (unpaired) electrons. The Hall–Kier alpha value is -1.10. The highest BCUT2D eigenvalue weighted by Gasteiger charge is 2.25. The van der Waals surface area contributed by atoms with Gasteiger partial charge in [-0.25, -0.2) is 9.78 Å². The van der Waals surface area contributed by atoms with Crippen molar-refractivity contribution >= 4 is 22.4 Å². The van der Waals surface area contributed by atoms with Crippen molar-refractivity contribution in [2.45, 2.75) is 39.2 Å². The zero-order chi connectivity index (χ0) is 12.4. The number of nitrogens with zero attached hydrogens (tertiary/aromatic N) is 1. The number of carboxylic acids is 1. The lowest BCUT2D eigenvalue weighted by atomic mass is 9.79. The molecule has 1 saturated carbocycles. The van der Waals surface area contributed by atoms with E-state index < -0.39 is 5.97 Å². The van der Waals surface area contributed by atoms with Crippen LogP contribution >= 0.6 is 11.3 Å². The van der Waals surface area contributed by atoms with Gasteiger partial charge in [0.05, 0.1) is 6.20 Å². The zero-order valence-corrected chi connectivity index (χ0v) is 11.0. The van der Waals surface area contributed by atoms with Crippen molar-refractivity contribution in [1.29, 1.82) is 0 Å². The molecule has 1 heterocycles. The van der Waals surface area contributed by atoms with E-state index in [2.05, 4.69) is 24.1 Å². The molecule has 0 bridgehead atoms. The molecular weight excluding hydrogens is 236 g/mol. The van der Waals surface area contributed by atoms with Gasteiger partial charge in [-0.05, 0) is 31.1 Å². The molecule has 2 rings (SSSR count). The molecule has 1 aliphatic carbocycles. The third-order valence-corrected chi connectivity index (χ3v) is 4.56. The molecule has 0 amide bonds. The Morgan fingerprint density at radius 1 is 1.47 bits per heavy atom. The topological polar surface area (TPSA) is 62.2 Å². The van der Waals surface area contributed by atoms with E-state index in [1.54, 1.807) is 0 Å². The van der Waals surface area contributed by atoms with Crippen LogP contribution < -0.4 is 5.32 Å². The molecule has 0 saturated heterocycles. The first-order valence-electron chi connectivity index (χ1n) is 6.02. The predicted octanol–water partition coefficient (Wildman–Crippen LogP) is 3.08. The molecule has 1 aromatic rings. The van der Waals surface area contributed by atoms with Gasteiger partial charge in [0.1, 0.15) is 4.88 Å². The Morgan fingerprint density at radius 2 is 2.24 bits per heavy atom. The van der Waals surface area contributed by atoms with Crippen LogP contribution in [0.4, 0.5) is 5.13 Å². The van der Waals surface area contributed by atoms with Gasteiger partial charge in [0.15, 0.2) is 5.13 Å². The second-order valence-electron chi connectivity index (χ2n) is 4.94. The van der Waals surface area contributed by atoms with Gasteiger partial charge in [0, 0.05) is 6.04 Å². The van der Waals surface area contributed by atoms with Gasteiger partial charge >= 0.3 is 5.97 Å². The van der Waals surface area contributed by atoms with E-state index in [1.807, 2.05) is 0 Å². The van der Waals surface area contributed by atoms with Gasteiger partial charge in [-0.2, -0.15) is 0 Å². The number of anilines is 1. The van der Waals surface area contributed by atoms with E-state index in [-0.39, 0.29) is 0 Å². The Bertz CT molecular complexity index is 405. The molecule has 0 aromatic carbocycles. The van der Waals surface area contributed by atoms with Crippen LogP contribution in [0.25, 0.3) is 0 Å². The van der Waals surface area contributed by atoms with Gasteiger partial charge < -0.3 is 10.4 Å². The number of carbonyl (C=O) groups is 1. The van der Waals surface area contributed by atoms with Crippen LogP contribution in [0.3, 0.4) is 0 Å². The van der Waals surface area contributed by atoms with Crippen molar-refractivity contribution in [3.8, 4) is 0 Å². The Balaban J connectivity index is 1.94. The molecular formula is C12H18N2O2S. The monoisotopic (exact) mass is 254 g/mol. The number of aromatic nitrogens is 1. The van der Waals surface area contributed by atoms with Gasteiger partial charge in [-0.15, -0.1) is 0 Å². The molecule has 0 spiro atoms. The zero-order valence-electron chi connectivity index (χ0n) is 10.1. The minimum atomic E-state index is -0.902. The summed E-state index contributed by atoms with van der Waals surface area (Å²) in [5.74, 6) is 0.611. The average molecular weight is 254 g/mol. The summed E-state index contributed by atoms with van der Waals surface area (Å²) in [7, 11) is 0. The largest absolute Gasteiger partial charge is 0.477 e. The molecule has 1 aromatic heterocycles. The fraction of sp³-hybridized carbons (Fsp3) is 0.667. The first kappa shape index (κ1) is 12.4. The summed E-state index contributed by atoms with van der Waals surface area (Å²) >= 11 is 1.21. The lowest BCUT2D eigenvalue weighted by Gasteiger charge is -2.32. The van der Waals surface area contributed by atoms with E-state index in [1.165, 1.54) is 24.0 Å². The van der Waals surface area contributed by atoms with E-state index >= 15 is 0 Å². The third-order valence-electron chi connectivity index (χ3n) is 3.64. The van der Waals surface area contributed by atoms with Crippen LogP contribution in [0, 0.1) is 11.8 Å². The van der Waals surface area contributed by atoms with Crippen LogP contribution in [0.2, 0.25) is 0 Å². The first-order chi connectivity index (χ1) is 8.06. The molecule has 4 nitrogen and oxygen atoms in total. The molecule has 3 unspecified atom stereocenters. The highest BCUT2D eigenvalue weighted by atomic mass is 32.1. The van der Waals surface area contributed by atoms with E-state index in [4.69, 9.17) is 5.11 Å². The highest BCUT2D eigenvalue weighted by molar-refractivity contribution is 7.17. The maximum atomic E-state index is 10.7. The number of hydrogen-bond donors (Lipinski definition) is 2. The summed E-state index contributed by atoms with van der Waals surface area (Å²) in [5, 5.41) is 12.9. The summed E-state index contributed by atoms with van der Waals surface area (Å²) in [6.45, 7) is 4.58. The van der Waals surface area contributed by atoms with Crippen LogP contribution in [-0.2, 0) is 0 Å². The second-order valence-corrected chi connectivity index (χ2v) is 5.97. The van der Waals surface area contributed by atoms with Gasteiger partial charge in [-0.3, -0.25) is 0 Å². The minimum absolute atomic E-state index is 0.296. The van der Waals surface area contributed by atoms with Crippen molar-refractivity contribution in [1.82, 2.24) is 4.98 Å². The summed E-state index contributed by atoms with van der Waals surface area (Å²) in [6.07, 6.45) is 4.94. The van der Waals surface area contributed by atoms with Crippen LogP contribution in [-0.4, -0.2) is 22.1 Å². The summed E-state index contributed by atoms with van der Waals surface area (Å²) in [6, 6.07) is 0.439. The number of rotatable bonds is 3. The van der Waals surface area contributed by atoms with Crippen molar-refractivity contribution in [3.05, 3.63) is 11.1 Å². The lowest BCUT2D eigenvalue weighted by Crippen LogP contribution is -2.30. The van der Waals surface area contributed by atoms with Gasteiger partial charge in [0.25, 0.3) is 0 Å². The lowest BCUT2D eigenvalue weighted by molar-refractivity contribution is 0.0702. The fourth-order valence-corrected chi connectivity index (χ4v) is 3.02. The van der Waals surface area contributed by atoms with Gasteiger partial charge in [0.2, 0.25) is 0 Å². The van der Waals surface area contributed by atoms with Crippen LogP contribution in [0.5, 0.6) is 0 Å². The molecule has 5 heteroatoms. The SMILES string of the molecule is CC1CCC(Nc2ncc(C(=O)O)s2)CC1C. The fourth-order valence-electron chi connectivity index (χ4n) is 2.29. The van der Waals surface area contributed by atoms with E-state index in [9.17, 15) is 4.79 Å². The third kappa shape index (κ3) is 2.97. The number of thiazole rings is 1. The predicted molar refractivity (Wildman–Crippen MR) is 68.7 cm³/mol. The smallest absolute Gasteiger partial charge is 0.347 e. The van der Waals surface area contributed by atoms with E-state index in [0.717, 1.165) is 29.8 Å². The summed E-state index contributed by atoms with van der Waals surface area (Å²) in [5.41, 5.74) is 0. The first-order valence-corrected chi connectivity index (χ1v) is 6.83. The minimum Gasteiger partial charge on any atom is -0.477 e. The Morgan fingerprint density at radius 3 is 2.82 bits per heavy atom. The molecule has 2 N–H and O–H groups in total. The van der Waals surface area contributed by atoms with Crippen molar-refractivity contribution in [2.75, 3.05) is 5.32 Å². The van der Waals surface area contributed by atoms with E-state index in [0.29, 0.717) is 10.9 Å². The molecule has 94 valence electrons. The Kier molecular flexibility index (Phi) is 3.66. The normalized spacial score (nSPS) is 28.9.